The third-order valence-corrected chi connectivity index (χ3v) is 3.72. The number of benzene rings is 3. The largest absolute Gasteiger partial charge is 0.506 e. The number of aryl methyl sites for hydroxylation is 1. The van der Waals surface area contributed by atoms with Crippen LogP contribution in [0.1, 0.15) is 53.7 Å². The summed E-state index contributed by atoms with van der Waals surface area (Å²) in [5.41, 5.74) is 4.15. The second-order valence-electron chi connectivity index (χ2n) is 6.24. The molecule has 0 bridgehead atoms. The van der Waals surface area contributed by atoms with Crippen LogP contribution in [0.3, 0.4) is 0 Å². The maximum Gasteiger partial charge on any atom is 0.141 e. The minimum absolute atomic E-state index is 0.246. The normalized spacial score (nSPS) is 8.74. The van der Waals surface area contributed by atoms with Gasteiger partial charge >= 0.3 is 0 Å². The molecular formula is C29H39NO. The Balaban J connectivity index is 0.000000453. The number of aromatic hydroxyl groups is 1. The van der Waals surface area contributed by atoms with Gasteiger partial charge in [0, 0.05) is 11.1 Å². The Labute approximate surface area is 189 Å². The fourth-order valence-corrected chi connectivity index (χ4v) is 2.49. The van der Waals surface area contributed by atoms with Crippen LogP contribution in [-0.2, 0) is 0 Å². The van der Waals surface area contributed by atoms with E-state index in [9.17, 15) is 5.11 Å². The Morgan fingerprint density at radius 1 is 0.613 bits per heavy atom. The molecule has 4 aromatic rings. The lowest BCUT2D eigenvalue weighted by atomic mass is 10.1. The van der Waals surface area contributed by atoms with Crippen molar-refractivity contribution in [3.63, 3.8) is 0 Å². The van der Waals surface area contributed by atoms with Gasteiger partial charge in [0.2, 0.25) is 0 Å². The first-order valence-electron chi connectivity index (χ1n) is 11.3. The van der Waals surface area contributed by atoms with Gasteiger partial charge in [-0.2, -0.15) is 0 Å². The summed E-state index contributed by atoms with van der Waals surface area (Å²) in [5.74, 6) is 0.246. The molecule has 0 atom stereocenters. The first kappa shape index (κ1) is 27.9. The maximum atomic E-state index is 9.43. The highest BCUT2D eigenvalue weighted by Gasteiger charge is 1.99. The fourth-order valence-electron chi connectivity index (χ4n) is 2.49. The molecule has 0 radical (unpaired) electrons. The zero-order chi connectivity index (χ0) is 23.5. The average molecular weight is 418 g/mol. The quantitative estimate of drug-likeness (QED) is 0.335. The van der Waals surface area contributed by atoms with Gasteiger partial charge in [-0.25, -0.2) is 4.98 Å². The topological polar surface area (TPSA) is 33.1 Å². The van der Waals surface area contributed by atoms with Gasteiger partial charge < -0.3 is 5.11 Å². The number of phenolic OH excluding ortho intramolecular Hbond substituents is 1. The molecule has 2 nitrogen and oxygen atoms in total. The van der Waals surface area contributed by atoms with Crippen LogP contribution in [0.15, 0.2) is 91.0 Å². The van der Waals surface area contributed by atoms with E-state index in [2.05, 4.69) is 67.4 Å². The second kappa shape index (κ2) is 17.7. The SMILES string of the molecule is CC.CC.CCC.Cc1ccc2cccc(O)c2n1.c1ccc(-c2ccccc2)cc1. The minimum atomic E-state index is 0.246. The first-order chi connectivity index (χ1) is 15.2. The standard InChI is InChI=1S/C12H10.C10H9NO.C3H8.2C2H6/c1-3-7-11(8-4-1)12-9-5-2-6-10-12;1-7-5-6-8-3-2-4-9(12)10(8)11-7;1-3-2;2*1-2/h1-10H;2-6,12H,1H3;3H2,1-2H3;2*1-2H3. The molecule has 3 aromatic carbocycles. The highest BCUT2D eigenvalue weighted by atomic mass is 16.3. The summed E-state index contributed by atoms with van der Waals surface area (Å²) < 4.78 is 0. The van der Waals surface area contributed by atoms with Gasteiger partial charge in [-0.15, -0.1) is 0 Å². The number of para-hydroxylation sites is 1. The Morgan fingerprint density at radius 3 is 1.52 bits per heavy atom. The van der Waals surface area contributed by atoms with E-state index in [1.54, 1.807) is 6.07 Å². The van der Waals surface area contributed by atoms with E-state index in [0.29, 0.717) is 5.52 Å². The third kappa shape index (κ3) is 10.5. The van der Waals surface area contributed by atoms with Crippen LogP contribution in [0, 0.1) is 6.92 Å². The van der Waals surface area contributed by atoms with Crippen LogP contribution in [0.25, 0.3) is 22.0 Å². The van der Waals surface area contributed by atoms with Gasteiger partial charge in [0.25, 0.3) is 0 Å². The van der Waals surface area contributed by atoms with Crippen LogP contribution >= 0.6 is 0 Å². The molecule has 2 heteroatoms. The van der Waals surface area contributed by atoms with E-state index < -0.39 is 0 Å². The molecule has 0 unspecified atom stereocenters. The lowest BCUT2D eigenvalue weighted by Crippen LogP contribution is -1.82. The lowest BCUT2D eigenvalue weighted by Gasteiger charge is -1.99. The minimum Gasteiger partial charge on any atom is -0.506 e. The summed E-state index contributed by atoms with van der Waals surface area (Å²) in [6.07, 6.45) is 1.25. The number of aromatic nitrogens is 1. The predicted octanol–water partition coefficient (Wildman–Crippen LogP) is 9.07. The summed E-state index contributed by atoms with van der Waals surface area (Å²) in [6.45, 7) is 14.2. The number of nitrogens with zero attached hydrogens (tertiary/aromatic N) is 1. The molecule has 4 rings (SSSR count). The second-order valence-corrected chi connectivity index (χ2v) is 6.24. The molecule has 0 aliphatic rings. The number of phenols is 1. The maximum absolute atomic E-state index is 9.43. The van der Waals surface area contributed by atoms with Gasteiger partial charge in [-0.1, -0.05) is 127 Å². The van der Waals surface area contributed by atoms with Crippen molar-refractivity contribution < 1.29 is 5.11 Å². The summed E-state index contributed by atoms with van der Waals surface area (Å²) in [7, 11) is 0. The monoisotopic (exact) mass is 417 g/mol. The van der Waals surface area contributed by atoms with Crippen molar-refractivity contribution in [3.05, 3.63) is 96.7 Å². The van der Waals surface area contributed by atoms with Crippen LogP contribution in [0.2, 0.25) is 0 Å². The number of pyridine rings is 1. The van der Waals surface area contributed by atoms with Crippen molar-refractivity contribution in [1.82, 2.24) is 4.98 Å². The Kier molecular flexibility index (Phi) is 15.9. The van der Waals surface area contributed by atoms with Crippen molar-refractivity contribution in [3.8, 4) is 16.9 Å². The molecule has 31 heavy (non-hydrogen) atoms. The van der Waals surface area contributed by atoms with Crippen molar-refractivity contribution in [2.75, 3.05) is 0 Å². The summed E-state index contributed by atoms with van der Waals surface area (Å²) >= 11 is 0. The van der Waals surface area contributed by atoms with Gasteiger partial charge in [0.15, 0.2) is 0 Å². The van der Waals surface area contributed by atoms with Crippen LogP contribution in [0.5, 0.6) is 5.75 Å². The molecule has 0 spiro atoms. The molecule has 1 N–H and O–H groups in total. The summed E-state index contributed by atoms with van der Waals surface area (Å²) in [6, 6.07) is 30.1. The van der Waals surface area contributed by atoms with Crippen LogP contribution in [-0.4, -0.2) is 10.1 Å². The van der Waals surface area contributed by atoms with E-state index >= 15 is 0 Å². The van der Waals surface area contributed by atoms with Crippen LogP contribution < -0.4 is 0 Å². The molecule has 0 aliphatic carbocycles. The van der Waals surface area contributed by atoms with E-state index in [0.717, 1.165) is 11.1 Å². The molecule has 0 saturated heterocycles. The van der Waals surface area contributed by atoms with Crippen LogP contribution in [0.4, 0.5) is 0 Å². The smallest absolute Gasteiger partial charge is 0.141 e. The number of fused-ring (bicyclic) bond motifs is 1. The highest BCUT2D eigenvalue weighted by molar-refractivity contribution is 5.84. The number of hydrogen-bond acceptors (Lipinski definition) is 2. The Hall–Kier alpha value is -3.13. The molecule has 1 heterocycles. The lowest BCUT2D eigenvalue weighted by molar-refractivity contribution is 0.480. The van der Waals surface area contributed by atoms with Gasteiger partial charge in [-0.05, 0) is 30.2 Å². The number of rotatable bonds is 1. The third-order valence-electron chi connectivity index (χ3n) is 3.72. The predicted molar refractivity (Wildman–Crippen MR) is 139 cm³/mol. The zero-order valence-corrected chi connectivity index (χ0v) is 20.3. The first-order valence-corrected chi connectivity index (χ1v) is 11.3. The Morgan fingerprint density at radius 2 is 1.06 bits per heavy atom. The zero-order valence-electron chi connectivity index (χ0n) is 20.3. The van der Waals surface area contributed by atoms with Crippen molar-refractivity contribution in [2.45, 2.75) is 54.9 Å². The molecule has 0 fully saturated rings. The van der Waals surface area contributed by atoms with E-state index in [4.69, 9.17) is 0 Å². The summed E-state index contributed by atoms with van der Waals surface area (Å²) in [5, 5.41) is 10.4. The van der Waals surface area contributed by atoms with Gasteiger partial charge in [0.05, 0.1) is 0 Å². The number of hydrogen-bond donors (Lipinski definition) is 1. The molecule has 0 saturated carbocycles. The van der Waals surface area contributed by atoms with Crippen molar-refractivity contribution in [2.24, 2.45) is 0 Å². The molecule has 166 valence electrons. The van der Waals surface area contributed by atoms with Gasteiger partial charge in [0.1, 0.15) is 11.3 Å². The van der Waals surface area contributed by atoms with Crippen molar-refractivity contribution >= 4 is 10.9 Å². The average Bonchev–Trinajstić information content (AvgIpc) is 2.84. The Bertz CT molecular complexity index is 897. The van der Waals surface area contributed by atoms with E-state index in [-0.39, 0.29) is 5.75 Å². The molecule has 0 aliphatic heterocycles. The van der Waals surface area contributed by atoms with E-state index in [1.807, 2.05) is 71.0 Å². The fraction of sp³-hybridized carbons (Fsp3) is 0.276. The van der Waals surface area contributed by atoms with Gasteiger partial charge in [-0.3, -0.25) is 0 Å². The molecule has 0 amide bonds. The molecule has 1 aromatic heterocycles. The molecular weight excluding hydrogens is 378 g/mol. The van der Waals surface area contributed by atoms with Crippen molar-refractivity contribution in [1.29, 1.82) is 0 Å². The highest BCUT2D eigenvalue weighted by Crippen LogP contribution is 2.21. The van der Waals surface area contributed by atoms with E-state index in [1.165, 1.54) is 17.5 Å². The summed E-state index contributed by atoms with van der Waals surface area (Å²) in [4.78, 5) is 4.23.